The van der Waals surface area contributed by atoms with Crippen LogP contribution in [0, 0.1) is 0 Å². The van der Waals surface area contributed by atoms with E-state index in [1.165, 1.54) is 12.3 Å². The molecular weight excluding hydrogens is 499 g/mol. The number of hydrogen-bond donors (Lipinski definition) is 1. The van der Waals surface area contributed by atoms with Gasteiger partial charge < -0.3 is 9.26 Å². The van der Waals surface area contributed by atoms with Crippen molar-refractivity contribution in [3.05, 3.63) is 59.1 Å². The van der Waals surface area contributed by atoms with Gasteiger partial charge in [-0.2, -0.15) is 18.2 Å². The number of hydrogen-bond acceptors (Lipinski definition) is 8. The standard InChI is InChI=1S/C23H26F3N5O4S/c1-14(2)21-28-22(29-35-21)30-36(32,33)19-6-4-16-8-9-31(12-18(16)10-19)15(3)17-5-7-20(27-11-17)34-13-23(24,25)26/h4-7,10-11,14-15H,8-9,12-13H2,1-3H3,(H,29,30)/t15-/m1/s1. The molecule has 9 nitrogen and oxygen atoms in total. The molecule has 0 fully saturated rings. The highest BCUT2D eigenvalue weighted by molar-refractivity contribution is 7.92. The topological polar surface area (TPSA) is 110 Å². The van der Waals surface area contributed by atoms with Crippen LogP contribution in [0.1, 0.15) is 55.3 Å². The van der Waals surface area contributed by atoms with Gasteiger partial charge in [-0.3, -0.25) is 4.90 Å². The maximum atomic E-state index is 12.9. The van der Waals surface area contributed by atoms with Crippen LogP contribution in [0.15, 0.2) is 45.9 Å². The molecule has 1 aromatic carbocycles. The maximum Gasteiger partial charge on any atom is 0.422 e. The van der Waals surface area contributed by atoms with Crippen molar-refractivity contribution in [1.82, 2.24) is 20.0 Å². The third kappa shape index (κ3) is 6.13. The molecule has 0 saturated heterocycles. The highest BCUT2D eigenvalue weighted by Gasteiger charge is 2.29. The Bertz CT molecular complexity index is 1310. The number of aromatic nitrogens is 3. The van der Waals surface area contributed by atoms with E-state index in [1.807, 2.05) is 20.8 Å². The van der Waals surface area contributed by atoms with Crippen molar-refractivity contribution in [2.24, 2.45) is 0 Å². The molecule has 36 heavy (non-hydrogen) atoms. The largest absolute Gasteiger partial charge is 0.468 e. The van der Waals surface area contributed by atoms with Gasteiger partial charge in [0.05, 0.1) is 4.90 Å². The quantitative estimate of drug-likeness (QED) is 0.459. The van der Waals surface area contributed by atoms with Gasteiger partial charge in [0.1, 0.15) is 0 Å². The lowest BCUT2D eigenvalue weighted by Crippen LogP contribution is -2.33. The van der Waals surface area contributed by atoms with Crippen LogP contribution in [0.5, 0.6) is 5.88 Å². The fourth-order valence-electron chi connectivity index (χ4n) is 3.83. The predicted molar refractivity (Wildman–Crippen MR) is 124 cm³/mol. The fraction of sp³-hybridized carbons (Fsp3) is 0.435. The van der Waals surface area contributed by atoms with Gasteiger partial charge in [0.25, 0.3) is 16.0 Å². The number of benzene rings is 1. The molecule has 1 atom stereocenters. The summed E-state index contributed by atoms with van der Waals surface area (Å²) in [6, 6.07) is 7.97. The van der Waals surface area contributed by atoms with E-state index in [4.69, 9.17) is 4.52 Å². The van der Waals surface area contributed by atoms with E-state index < -0.39 is 22.8 Å². The minimum absolute atomic E-state index is 0.0358. The molecule has 0 amide bonds. The average Bonchev–Trinajstić information content (AvgIpc) is 3.29. The van der Waals surface area contributed by atoms with Gasteiger partial charge in [0.15, 0.2) is 6.61 Å². The molecule has 0 aliphatic carbocycles. The molecule has 0 saturated carbocycles. The maximum absolute atomic E-state index is 12.9. The summed E-state index contributed by atoms with van der Waals surface area (Å²) in [5, 5.41) is 3.68. The minimum atomic E-state index is -4.43. The van der Waals surface area contributed by atoms with E-state index in [-0.39, 0.29) is 28.7 Å². The summed E-state index contributed by atoms with van der Waals surface area (Å²) >= 11 is 0. The summed E-state index contributed by atoms with van der Waals surface area (Å²) in [5.41, 5.74) is 2.72. The summed E-state index contributed by atoms with van der Waals surface area (Å²) in [5.74, 6) is 0.0713. The van der Waals surface area contributed by atoms with Crippen LogP contribution in [0.4, 0.5) is 19.1 Å². The molecule has 13 heteroatoms. The third-order valence-corrected chi connectivity index (χ3v) is 7.19. The smallest absolute Gasteiger partial charge is 0.422 e. The minimum Gasteiger partial charge on any atom is -0.468 e. The van der Waals surface area contributed by atoms with Crippen LogP contribution >= 0.6 is 0 Å². The van der Waals surface area contributed by atoms with Crippen molar-refractivity contribution >= 4 is 16.0 Å². The van der Waals surface area contributed by atoms with Crippen LogP contribution in [0.3, 0.4) is 0 Å². The number of ether oxygens (including phenoxy) is 1. The van der Waals surface area contributed by atoms with Crippen molar-refractivity contribution < 1.29 is 30.8 Å². The molecule has 2 aromatic heterocycles. The van der Waals surface area contributed by atoms with Crippen molar-refractivity contribution in [2.45, 2.75) is 56.8 Å². The van der Waals surface area contributed by atoms with E-state index in [9.17, 15) is 21.6 Å². The van der Waals surface area contributed by atoms with Gasteiger partial charge in [-0.1, -0.05) is 26.0 Å². The molecule has 1 aliphatic heterocycles. The highest BCUT2D eigenvalue weighted by atomic mass is 32.2. The van der Waals surface area contributed by atoms with Crippen molar-refractivity contribution in [1.29, 1.82) is 0 Å². The van der Waals surface area contributed by atoms with Crippen LogP contribution < -0.4 is 9.46 Å². The van der Waals surface area contributed by atoms with Crippen LogP contribution in [-0.2, 0) is 23.0 Å². The lowest BCUT2D eigenvalue weighted by Gasteiger charge is -2.34. The van der Waals surface area contributed by atoms with Gasteiger partial charge in [-0.15, -0.1) is 0 Å². The van der Waals surface area contributed by atoms with E-state index in [0.29, 0.717) is 12.4 Å². The van der Waals surface area contributed by atoms with Crippen LogP contribution in [0.2, 0.25) is 0 Å². The number of nitrogens with one attached hydrogen (secondary N) is 1. The second-order valence-corrected chi connectivity index (χ2v) is 10.6. The van der Waals surface area contributed by atoms with Crippen LogP contribution in [-0.4, -0.2) is 47.8 Å². The Kier molecular flexibility index (Phi) is 7.23. The Labute approximate surface area is 206 Å². The molecule has 0 bridgehead atoms. The van der Waals surface area contributed by atoms with Crippen molar-refractivity contribution in [2.75, 3.05) is 17.9 Å². The molecule has 0 radical (unpaired) electrons. The summed E-state index contributed by atoms with van der Waals surface area (Å²) in [4.78, 5) is 10.3. The monoisotopic (exact) mass is 525 g/mol. The fourth-order valence-corrected chi connectivity index (χ4v) is 4.82. The zero-order valence-electron chi connectivity index (χ0n) is 19.9. The summed E-state index contributed by atoms with van der Waals surface area (Å²) < 4.78 is 74.9. The van der Waals surface area contributed by atoms with Gasteiger partial charge in [0, 0.05) is 37.3 Å². The SMILES string of the molecule is CC(C)c1nc(NS(=O)(=O)c2ccc3c(c2)CN([C@H](C)c2ccc(OCC(F)(F)F)nc2)CC3)no1. The molecule has 3 aromatic rings. The highest BCUT2D eigenvalue weighted by Crippen LogP contribution is 2.30. The molecule has 0 unspecified atom stereocenters. The first-order chi connectivity index (χ1) is 16.9. The number of sulfonamides is 1. The summed E-state index contributed by atoms with van der Waals surface area (Å²) in [6.07, 6.45) is -2.22. The number of alkyl halides is 3. The first-order valence-corrected chi connectivity index (χ1v) is 12.8. The first kappa shape index (κ1) is 25.9. The second-order valence-electron chi connectivity index (χ2n) is 8.88. The normalized spacial score (nSPS) is 15.5. The number of nitrogens with zero attached hydrogens (tertiary/aromatic N) is 4. The van der Waals surface area contributed by atoms with E-state index in [2.05, 4.69) is 29.5 Å². The molecule has 1 aliphatic rings. The Morgan fingerprint density at radius 2 is 1.94 bits per heavy atom. The zero-order valence-corrected chi connectivity index (χ0v) is 20.7. The number of pyridine rings is 1. The average molecular weight is 526 g/mol. The summed E-state index contributed by atoms with van der Waals surface area (Å²) in [6.45, 7) is 5.49. The van der Waals surface area contributed by atoms with Gasteiger partial charge in [-0.05, 0) is 47.3 Å². The van der Waals surface area contributed by atoms with Crippen molar-refractivity contribution in [3.8, 4) is 5.88 Å². The zero-order chi connectivity index (χ0) is 26.1. The first-order valence-electron chi connectivity index (χ1n) is 11.3. The molecule has 3 heterocycles. The number of anilines is 1. The van der Waals surface area contributed by atoms with E-state index in [0.717, 1.165) is 29.7 Å². The number of fused-ring (bicyclic) bond motifs is 1. The molecule has 4 rings (SSSR count). The van der Waals surface area contributed by atoms with E-state index in [1.54, 1.807) is 24.3 Å². The van der Waals surface area contributed by atoms with Gasteiger partial charge in [0.2, 0.25) is 11.8 Å². The lowest BCUT2D eigenvalue weighted by molar-refractivity contribution is -0.154. The second kappa shape index (κ2) is 10.1. The van der Waals surface area contributed by atoms with E-state index >= 15 is 0 Å². The number of halogens is 3. The lowest BCUT2D eigenvalue weighted by atomic mass is 9.97. The van der Waals surface area contributed by atoms with Crippen LogP contribution in [0.25, 0.3) is 0 Å². The number of rotatable bonds is 8. The molecule has 1 N–H and O–H groups in total. The Hall–Kier alpha value is -3.19. The Morgan fingerprint density at radius 1 is 1.17 bits per heavy atom. The van der Waals surface area contributed by atoms with Gasteiger partial charge in [-0.25, -0.2) is 18.1 Å². The molecular formula is C23H26F3N5O4S. The van der Waals surface area contributed by atoms with Gasteiger partial charge >= 0.3 is 6.18 Å². The summed E-state index contributed by atoms with van der Waals surface area (Å²) in [7, 11) is -3.93. The molecule has 0 spiro atoms. The Morgan fingerprint density at radius 3 is 2.58 bits per heavy atom. The third-order valence-electron chi connectivity index (χ3n) is 5.86. The van der Waals surface area contributed by atoms with Crippen molar-refractivity contribution in [3.63, 3.8) is 0 Å². The molecule has 194 valence electrons. The Balaban J connectivity index is 1.45. The predicted octanol–water partition coefficient (Wildman–Crippen LogP) is 4.45.